The summed E-state index contributed by atoms with van der Waals surface area (Å²) in [7, 11) is 0. The summed E-state index contributed by atoms with van der Waals surface area (Å²) in [4.78, 5) is 29.3. The van der Waals surface area contributed by atoms with E-state index < -0.39 is 11.9 Å². The van der Waals surface area contributed by atoms with E-state index in [0.717, 1.165) is 11.1 Å². The maximum atomic E-state index is 13.9. The van der Waals surface area contributed by atoms with Crippen LogP contribution >= 0.6 is 11.6 Å². The van der Waals surface area contributed by atoms with E-state index in [2.05, 4.69) is 0 Å². The molecule has 202 valence electrons. The van der Waals surface area contributed by atoms with Gasteiger partial charge in [-0.05, 0) is 66.9 Å². The molecule has 1 aliphatic heterocycles. The molecule has 6 rings (SSSR count). The Balaban J connectivity index is 1.47. The van der Waals surface area contributed by atoms with Gasteiger partial charge in [-0.15, -0.1) is 0 Å². The predicted molar refractivity (Wildman–Crippen MR) is 151 cm³/mol. The lowest BCUT2D eigenvalue weighted by Gasteiger charge is -2.25. The highest BCUT2D eigenvalue weighted by Gasteiger charge is 2.43. The van der Waals surface area contributed by atoms with E-state index in [-0.39, 0.29) is 23.3 Å². The van der Waals surface area contributed by atoms with Crippen molar-refractivity contribution in [2.24, 2.45) is 0 Å². The monoisotopic (exact) mass is 555 g/mol. The number of ether oxygens (including phenoxy) is 2. The van der Waals surface area contributed by atoms with Crippen LogP contribution in [0.4, 0.5) is 0 Å². The number of nitrogens with zero attached hydrogens (tertiary/aromatic N) is 1. The van der Waals surface area contributed by atoms with Crippen molar-refractivity contribution in [3.63, 3.8) is 0 Å². The van der Waals surface area contributed by atoms with Crippen LogP contribution in [0.3, 0.4) is 0 Å². The fourth-order valence-corrected chi connectivity index (χ4v) is 5.20. The second kappa shape index (κ2) is 10.6. The quantitative estimate of drug-likeness (QED) is 0.204. The number of hydrogen-bond donors (Lipinski definition) is 0. The van der Waals surface area contributed by atoms with Gasteiger partial charge in [0.25, 0.3) is 5.91 Å². The molecule has 1 aliphatic rings. The molecule has 5 aromatic rings. The van der Waals surface area contributed by atoms with Crippen LogP contribution in [-0.2, 0) is 13.2 Å². The first-order valence-corrected chi connectivity index (χ1v) is 13.4. The molecule has 3 aromatic carbocycles. The van der Waals surface area contributed by atoms with E-state index in [9.17, 15) is 9.59 Å². The van der Waals surface area contributed by atoms with Gasteiger partial charge in [-0.1, -0.05) is 48.0 Å². The van der Waals surface area contributed by atoms with E-state index in [0.29, 0.717) is 52.0 Å². The van der Waals surface area contributed by atoms with Crippen LogP contribution in [0.2, 0.25) is 5.02 Å². The largest absolute Gasteiger partial charge is 0.490 e. The Bertz CT molecular complexity index is 1760. The van der Waals surface area contributed by atoms with E-state index in [1.165, 1.54) is 0 Å². The van der Waals surface area contributed by atoms with Crippen LogP contribution in [0.1, 0.15) is 51.5 Å². The van der Waals surface area contributed by atoms with Crippen LogP contribution in [0.25, 0.3) is 11.0 Å². The molecular formula is C32H26ClNO6. The van der Waals surface area contributed by atoms with Crippen molar-refractivity contribution in [1.82, 2.24) is 4.90 Å². The number of rotatable bonds is 8. The molecule has 7 nitrogen and oxygen atoms in total. The molecule has 1 amide bonds. The Morgan fingerprint density at radius 1 is 0.950 bits per heavy atom. The number of carbonyl (C=O) groups is 1. The number of aryl methyl sites for hydroxylation is 1. The van der Waals surface area contributed by atoms with Crippen LogP contribution in [-0.4, -0.2) is 17.4 Å². The molecule has 0 saturated carbocycles. The van der Waals surface area contributed by atoms with E-state index in [1.54, 1.807) is 41.5 Å². The van der Waals surface area contributed by atoms with Gasteiger partial charge in [0.2, 0.25) is 5.76 Å². The van der Waals surface area contributed by atoms with Gasteiger partial charge >= 0.3 is 0 Å². The van der Waals surface area contributed by atoms with E-state index in [1.807, 2.05) is 56.3 Å². The molecule has 0 N–H and O–H groups in total. The lowest BCUT2D eigenvalue weighted by atomic mass is 9.97. The van der Waals surface area contributed by atoms with Crippen LogP contribution < -0.4 is 14.9 Å². The molecule has 0 bridgehead atoms. The zero-order valence-electron chi connectivity index (χ0n) is 22.0. The number of fused-ring (bicyclic) bond motifs is 2. The van der Waals surface area contributed by atoms with Gasteiger partial charge < -0.3 is 23.2 Å². The van der Waals surface area contributed by atoms with Gasteiger partial charge in [0.1, 0.15) is 18.0 Å². The van der Waals surface area contributed by atoms with Gasteiger partial charge in [0, 0.05) is 5.02 Å². The van der Waals surface area contributed by atoms with Crippen molar-refractivity contribution >= 4 is 28.5 Å². The third-order valence-corrected chi connectivity index (χ3v) is 7.38. The van der Waals surface area contributed by atoms with E-state index in [4.69, 9.17) is 29.9 Å². The average molecular weight is 556 g/mol. The predicted octanol–water partition coefficient (Wildman–Crippen LogP) is 7.07. The lowest BCUT2D eigenvalue weighted by Crippen LogP contribution is -2.29. The summed E-state index contributed by atoms with van der Waals surface area (Å²) in [5.74, 6) is 1.27. The normalized spacial score (nSPS) is 14.5. The molecule has 1 atom stereocenters. The summed E-state index contributed by atoms with van der Waals surface area (Å²) in [5.41, 5.74) is 2.72. The zero-order chi connectivity index (χ0) is 27.8. The van der Waals surface area contributed by atoms with Gasteiger partial charge in [-0.25, -0.2) is 0 Å². The Morgan fingerprint density at radius 2 is 1.77 bits per heavy atom. The molecule has 1 unspecified atom stereocenters. The van der Waals surface area contributed by atoms with Crippen LogP contribution in [0.5, 0.6) is 11.5 Å². The smallest absolute Gasteiger partial charge is 0.291 e. The van der Waals surface area contributed by atoms with Crippen molar-refractivity contribution < 1.29 is 23.1 Å². The summed E-state index contributed by atoms with van der Waals surface area (Å²) in [6.07, 6.45) is 1.55. The molecule has 0 aliphatic carbocycles. The molecular weight excluding hydrogens is 530 g/mol. The summed E-state index contributed by atoms with van der Waals surface area (Å²) in [5, 5.41) is 0.770. The minimum absolute atomic E-state index is 0.0122. The number of hydrogen-bond acceptors (Lipinski definition) is 6. The summed E-state index contributed by atoms with van der Waals surface area (Å²) in [6, 6.07) is 21.4. The Morgan fingerprint density at radius 3 is 2.52 bits per heavy atom. The highest BCUT2D eigenvalue weighted by Crippen LogP contribution is 2.42. The third kappa shape index (κ3) is 4.62. The number of halogens is 1. The van der Waals surface area contributed by atoms with Gasteiger partial charge in [-0.2, -0.15) is 0 Å². The topological polar surface area (TPSA) is 82.1 Å². The highest BCUT2D eigenvalue weighted by atomic mass is 35.5. The van der Waals surface area contributed by atoms with Crippen molar-refractivity contribution in [2.45, 2.75) is 33.0 Å². The average Bonchev–Trinajstić information content (AvgIpc) is 3.57. The number of furan rings is 1. The first-order chi connectivity index (χ1) is 19.4. The Hall–Kier alpha value is -4.49. The molecule has 0 spiro atoms. The Labute approximate surface area is 235 Å². The molecule has 3 heterocycles. The molecule has 8 heteroatoms. The molecule has 40 heavy (non-hydrogen) atoms. The maximum Gasteiger partial charge on any atom is 0.291 e. The summed E-state index contributed by atoms with van der Waals surface area (Å²) >= 11 is 6.36. The zero-order valence-corrected chi connectivity index (χ0v) is 22.7. The second-order valence-electron chi connectivity index (χ2n) is 9.60. The standard InChI is InChI=1S/C32H26ClNO6/c1-3-37-27-15-21(11-12-25(27)39-18-20-8-5-4-6-9-20)29-28-30(35)23-16-24(33)19(2)14-26(23)40-31(28)32(36)34(29)17-22-10-7-13-38-22/h4-16,29H,3,17-18H2,1-2H3. The first kappa shape index (κ1) is 25.8. The van der Waals surface area contributed by atoms with Crippen molar-refractivity contribution in [2.75, 3.05) is 6.61 Å². The first-order valence-electron chi connectivity index (χ1n) is 13.0. The summed E-state index contributed by atoms with van der Waals surface area (Å²) in [6.45, 7) is 4.63. The molecule has 2 aromatic heterocycles. The van der Waals surface area contributed by atoms with Crippen molar-refractivity contribution in [1.29, 1.82) is 0 Å². The molecule has 0 radical (unpaired) electrons. The number of amides is 1. The fourth-order valence-electron chi connectivity index (χ4n) is 5.04. The second-order valence-corrected chi connectivity index (χ2v) is 10.0. The molecule has 0 saturated heterocycles. The van der Waals surface area contributed by atoms with Crippen molar-refractivity contribution in [3.8, 4) is 11.5 Å². The number of carbonyl (C=O) groups excluding carboxylic acids is 1. The summed E-state index contributed by atoms with van der Waals surface area (Å²) < 4.78 is 23.7. The SMILES string of the molecule is CCOc1cc(C2c3c(oc4cc(C)c(Cl)cc4c3=O)C(=O)N2Cc2ccco2)ccc1OCc1ccccc1. The van der Waals surface area contributed by atoms with Gasteiger partial charge in [-0.3, -0.25) is 9.59 Å². The van der Waals surface area contributed by atoms with Crippen LogP contribution in [0, 0.1) is 6.92 Å². The van der Waals surface area contributed by atoms with Gasteiger partial charge in [0.05, 0.1) is 36.4 Å². The fraction of sp³-hybridized carbons (Fsp3) is 0.188. The van der Waals surface area contributed by atoms with Gasteiger partial charge in [0.15, 0.2) is 16.9 Å². The van der Waals surface area contributed by atoms with E-state index >= 15 is 0 Å². The highest BCUT2D eigenvalue weighted by molar-refractivity contribution is 6.32. The minimum atomic E-state index is -0.740. The maximum absolute atomic E-state index is 13.9. The third-order valence-electron chi connectivity index (χ3n) is 6.97. The van der Waals surface area contributed by atoms with Crippen LogP contribution in [0.15, 0.2) is 92.7 Å². The van der Waals surface area contributed by atoms with Crippen molar-refractivity contribution in [3.05, 3.63) is 128 Å². The minimum Gasteiger partial charge on any atom is -0.490 e. The molecule has 0 fully saturated rings. The lowest BCUT2D eigenvalue weighted by molar-refractivity contribution is 0.0701. The number of benzene rings is 3. The Kier molecular flexibility index (Phi) is 6.82.